The largest absolute Gasteiger partial charge is 0.496 e. The van der Waals surface area contributed by atoms with E-state index >= 15 is 0 Å². The smallest absolute Gasteiger partial charge is 0.127 e. The third kappa shape index (κ3) is 2.49. The van der Waals surface area contributed by atoms with Crippen molar-refractivity contribution in [2.75, 3.05) is 20.8 Å². The van der Waals surface area contributed by atoms with Crippen molar-refractivity contribution in [2.45, 2.75) is 19.4 Å². The molecule has 0 radical (unpaired) electrons. The van der Waals surface area contributed by atoms with Crippen LogP contribution < -0.4 is 14.8 Å². The predicted octanol–water partition coefficient (Wildman–Crippen LogP) is 3.25. The maximum atomic E-state index is 5.56. The van der Waals surface area contributed by atoms with E-state index in [0.717, 1.165) is 30.0 Å². The summed E-state index contributed by atoms with van der Waals surface area (Å²) in [6.45, 7) is 3.10. The van der Waals surface area contributed by atoms with Gasteiger partial charge in [-0.25, -0.2) is 0 Å². The minimum atomic E-state index is 0.112. The molecular formula is C18H21NO2. The molecule has 0 amide bonds. The second-order valence-electron chi connectivity index (χ2n) is 5.42. The molecule has 1 aliphatic rings. The highest BCUT2D eigenvalue weighted by Gasteiger charge is 2.26. The molecule has 1 atom stereocenters. The van der Waals surface area contributed by atoms with Crippen LogP contribution >= 0.6 is 0 Å². The number of nitrogens with one attached hydrogen (secondary N) is 1. The van der Waals surface area contributed by atoms with E-state index in [1.165, 1.54) is 16.7 Å². The summed E-state index contributed by atoms with van der Waals surface area (Å²) >= 11 is 0. The first-order chi connectivity index (χ1) is 10.2. The molecule has 110 valence electrons. The molecular weight excluding hydrogens is 262 g/mol. The van der Waals surface area contributed by atoms with Crippen molar-refractivity contribution in [2.24, 2.45) is 0 Å². The van der Waals surface area contributed by atoms with E-state index in [2.05, 4.69) is 30.4 Å². The Labute approximate surface area is 125 Å². The summed E-state index contributed by atoms with van der Waals surface area (Å²) in [4.78, 5) is 0. The molecule has 3 nitrogen and oxygen atoms in total. The first kappa shape index (κ1) is 14.0. The van der Waals surface area contributed by atoms with Crippen LogP contribution in [-0.4, -0.2) is 20.8 Å². The Morgan fingerprint density at radius 2 is 1.76 bits per heavy atom. The Morgan fingerprint density at radius 3 is 2.43 bits per heavy atom. The van der Waals surface area contributed by atoms with Crippen LogP contribution in [-0.2, 0) is 6.42 Å². The number of aryl methyl sites for hydroxylation is 1. The second kappa shape index (κ2) is 5.78. The number of rotatable bonds is 3. The van der Waals surface area contributed by atoms with Crippen molar-refractivity contribution >= 4 is 0 Å². The Bertz CT molecular complexity index is 629. The van der Waals surface area contributed by atoms with Crippen molar-refractivity contribution in [3.05, 3.63) is 58.7 Å². The van der Waals surface area contributed by atoms with Gasteiger partial charge in [-0.2, -0.15) is 0 Å². The lowest BCUT2D eigenvalue weighted by molar-refractivity contribution is 0.375. The molecule has 2 aromatic carbocycles. The number of hydrogen-bond acceptors (Lipinski definition) is 3. The van der Waals surface area contributed by atoms with Gasteiger partial charge >= 0.3 is 0 Å². The Morgan fingerprint density at radius 1 is 1.05 bits per heavy atom. The van der Waals surface area contributed by atoms with Crippen LogP contribution in [0.5, 0.6) is 11.5 Å². The predicted molar refractivity (Wildman–Crippen MR) is 84.3 cm³/mol. The second-order valence-corrected chi connectivity index (χ2v) is 5.42. The lowest BCUT2D eigenvalue weighted by atomic mass is 9.88. The van der Waals surface area contributed by atoms with Crippen molar-refractivity contribution in [1.82, 2.24) is 5.32 Å². The van der Waals surface area contributed by atoms with Gasteiger partial charge in [0.2, 0.25) is 0 Å². The topological polar surface area (TPSA) is 30.5 Å². The molecule has 0 saturated heterocycles. The zero-order valence-corrected chi connectivity index (χ0v) is 12.8. The summed E-state index contributed by atoms with van der Waals surface area (Å²) in [6, 6.07) is 12.7. The molecule has 1 N–H and O–H groups in total. The van der Waals surface area contributed by atoms with Crippen LogP contribution in [0.1, 0.15) is 28.3 Å². The molecule has 0 aromatic heterocycles. The first-order valence-electron chi connectivity index (χ1n) is 7.28. The van der Waals surface area contributed by atoms with Crippen LogP contribution in [0.25, 0.3) is 0 Å². The van der Waals surface area contributed by atoms with Crippen molar-refractivity contribution in [3.8, 4) is 11.5 Å². The van der Waals surface area contributed by atoms with Gasteiger partial charge in [0, 0.05) is 6.54 Å². The highest BCUT2D eigenvalue weighted by molar-refractivity contribution is 5.53. The van der Waals surface area contributed by atoms with Crippen LogP contribution in [0.2, 0.25) is 0 Å². The van der Waals surface area contributed by atoms with Crippen molar-refractivity contribution in [3.63, 3.8) is 0 Å². The van der Waals surface area contributed by atoms with Crippen LogP contribution in [0.3, 0.4) is 0 Å². The van der Waals surface area contributed by atoms with Gasteiger partial charge in [0.05, 0.1) is 25.8 Å². The summed E-state index contributed by atoms with van der Waals surface area (Å²) in [5, 5.41) is 3.60. The summed E-state index contributed by atoms with van der Waals surface area (Å²) < 4.78 is 11.1. The van der Waals surface area contributed by atoms with Crippen molar-refractivity contribution < 1.29 is 9.47 Å². The third-order valence-electron chi connectivity index (χ3n) is 4.11. The fourth-order valence-electron chi connectivity index (χ4n) is 3.12. The molecule has 0 aliphatic carbocycles. The Hall–Kier alpha value is -2.00. The number of methoxy groups -OCH3 is 2. The molecule has 1 aliphatic heterocycles. The molecule has 1 heterocycles. The fraction of sp³-hybridized carbons (Fsp3) is 0.333. The first-order valence-corrected chi connectivity index (χ1v) is 7.28. The average Bonchev–Trinajstić information content (AvgIpc) is 2.53. The minimum absolute atomic E-state index is 0.112. The lowest BCUT2D eigenvalue weighted by Gasteiger charge is -2.29. The van der Waals surface area contributed by atoms with E-state index in [0.29, 0.717) is 0 Å². The van der Waals surface area contributed by atoms with E-state index in [1.807, 2.05) is 18.2 Å². The van der Waals surface area contributed by atoms with Gasteiger partial charge in [-0.3, -0.25) is 0 Å². The van der Waals surface area contributed by atoms with Gasteiger partial charge in [0.1, 0.15) is 11.5 Å². The molecule has 2 aromatic rings. The van der Waals surface area contributed by atoms with E-state index in [9.17, 15) is 0 Å². The van der Waals surface area contributed by atoms with E-state index < -0.39 is 0 Å². The number of hydrogen-bond donors (Lipinski definition) is 1. The molecule has 1 unspecified atom stereocenters. The highest BCUT2D eigenvalue weighted by atomic mass is 16.5. The zero-order chi connectivity index (χ0) is 14.8. The standard InChI is InChI=1S/C18H21NO2/c1-12-7-8-14-13(11-12)9-10-19-18(14)17-15(20-2)5-4-6-16(17)21-3/h4-8,11,18-19H,9-10H2,1-3H3. The molecule has 0 saturated carbocycles. The van der Waals surface area contributed by atoms with Crippen LogP contribution in [0.4, 0.5) is 0 Å². The fourth-order valence-corrected chi connectivity index (χ4v) is 3.12. The van der Waals surface area contributed by atoms with Gasteiger partial charge in [0.25, 0.3) is 0 Å². The molecule has 0 spiro atoms. The summed E-state index contributed by atoms with van der Waals surface area (Å²) in [5.74, 6) is 1.72. The van der Waals surface area contributed by atoms with Crippen LogP contribution in [0.15, 0.2) is 36.4 Å². The summed E-state index contributed by atoms with van der Waals surface area (Å²) in [6.07, 6.45) is 1.06. The number of ether oxygens (including phenoxy) is 2. The number of benzene rings is 2. The average molecular weight is 283 g/mol. The normalized spacial score (nSPS) is 17.2. The zero-order valence-electron chi connectivity index (χ0n) is 12.8. The Balaban J connectivity index is 2.15. The molecule has 21 heavy (non-hydrogen) atoms. The van der Waals surface area contributed by atoms with Crippen LogP contribution in [0, 0.1) is 6.92 Å². The summed E-state index contributed by atoms with van der Waals surface area (Å²) in [5.41, 5.74) is 5.11. The summed E-state index contributed by atoms with van der Waals surface area (Å²) in [7, 11) is 3.41. The van der Waals surface area contributed by atoms with Gasteiger partial charge in [-0.1, -0.05) is 29.8 Å². The van der Waals surface area contributed by atoms with Gasteiger partial charge < -0.3 is 14.8 Å². The highest BCUT2D eigenvalue weighted by Crippen LogP contribution is 2.39. The Kier molecular flexibility index (Phi) is 3.84. The molecule has 0 bridgehead atoms. The quantitative estimate of drug-likeness (QED) is 0.938. The van der Waals surface area contributed by atoms with Crippen molar-refractivity contribution in [1.29, 1.82) is 0 Å². The third-order valence-corrected chi connectivity index (χ3v) is 4.11. The van der Waals surface area contributed by atoms with E-state index in [1.54, 1.807) is 14.2 Å². The monoisotopic (exact) mass is 283 g/mol. The van der Waals surface area contributed by atoms with Gasteiger partial charge in [-0.15, -0.1) is 0 Å². The van der Waals surface area contributed by atoms with Gasteiger partial charge in [-0.05, 0) is 36.6 Å². The number of fused-ring (bicyclic) bond motifs is 1. The minimum Gasteiger partial charge on any atom is -0.496 e. The molecule has 3 rings (SSSR count). The lowest BCUT2D eigenvalue weighted by Crippen LogP contribution is -2.31. The van der Waals surface area contributed by atoms with E-state index in [-0.39, 0.29) is 6.04 Å². The SMILES string of the molecule is COc1cccc(OC)c1C1NCCc2cc(C)ccc21. The maximum Gasteiger partial charge on any atom is 0.127 e. The molecule has 0 fully saturated rings. The van der Waals surface area contributed by atoms with Gasteiger partial charge in [0.15, 0.2) is 0 Å². The molecule has 3 heteroatoms. The van der Waals surface area contributed by atoms with E-state index in [4.69, 9.17) is 9.47 Å². The maximum absolute atomic E-state index is 5.56.